The van der Waals surface area contributed by atoms with Crippen molar-refractivity contribution in [3.8, 4) is 5.75 Å². The Hall–Kier alpha value is -2.62. The maximum Gasteiger partial charge on any atom is 0.238 e. The summed E-state index contributed by atoms with van der Waals surface area (Å²) in [5, 5.41) is 0. The predicted octanol–water partition coefficient (Wildman–Crippen LogP) is 3.62. The number of ether oxygens (including phenoxy) is 1. The SMILES string of the molecule is COc1ccccc1N1C(=O)[C@@H]2[C@@H]3C[C@@H]([C@H]2C1=O)[C@@H](c1ccccc1)C3. The topological polar surface area (TPSA) is 46.6 Å². The van der Waals surface area contributed by atoms with E-state index in [9.17, 15) is 9.59 Å². The summed E-state index contributed by atoms with van der Waals surface area (Å²) in [6, 6.07) is 17.7. The van der Waals surface area contributed by atoms with Crippen molar-refractivity contribution in [3.63, 3.8) is 0 Å². The summed E-state index contributed by atoms with van der Waals surface area (Å²) in [5.74, 6) is 1.11. The number of benzene rings is 2. The Kier molecular flexibility index (Phi) is 3.42. The molecule has 3 aliphatic rings. The van der Waals surface area contributed by atoms with Gasteiger partial charge in [-0.25, -0.2) is 4.90 Å². The van der Waals surface area contributed by atoms with Crippen molar-refractivity contribution in [2.24, 2.45) is 23.7 Å². The highest BCUT2D eigenvalue weighted by atomic mass is 16.5. The molecule has 5 rings (SSSR count). The van der Waals surface area contributed by atoms with Crippen molar-refractivity contribution < 1.29 is 14.3 Å². The van der Waals surface area contributed by atoms with Crippen LogP contribution in [-0.2, 0) is 9.59 Å². The lowest BCUT2D eigenvalue weighted by molar-refractivity contribution is -0.123. The molecule has 4 heteroatoms. The van der Waals surface area contributed by atoms with Gasteiger partial charge in [0.05, 0.1) is 24.6 Å². The highest BCUT2D eigenvalue weighted by Gasteiger charge is 2.64. The summed E-state index contributed by atoms with van der Waals surface area (Å²) in [7, 11) is 1.57. The molecule has 3 fully saturated rings. The van der Waals surface area contributed by atoms with E-state index in [-0.39, 0.29) is 29.6 Å². The number of rotatable bonds is 3. The molecule has 1 saturated heterocycles. The maximum atomic E-state index is 13.3. The molecule has 0 spiro atoms. The zero-order valence-electron chi connectivity index (χ0n) is 14.7. The molecule has 2 aliphatic carbocycles. The lowest BCUT2D eigenvalue weighted by Gasteiger charge is -2.28. The number of nitrogens with zero attached hydrogens (tertiary/aromatic N) is 1. The molecule has 0 unspecified atom stereocenters. The fourth-order valence-corrected chi connectivity index (χ4v) is 5.59. The minimum Gasteiger partial charge on any atom is -0.495 e. The van der Waals surface area contributed by atoms with Crippen LogP contribution in [0, 0.1) is 23.7 Å². The first-order valence-corrected chi connectivity index (χ1v) is 9.26. The Morgan fingerprint density at radius 3 is 2.35 bits per heavy atom. The number of para-hydroxylation sites is 2. The third-order valence-electron chi connectivity index (χ3n) is 6.57. The van der Waals surface area contributed by atoms with Crippen molar-refractivity contribution in [1.82, 2.24) is 0 Å². The summed E-state index contributed by atoms with van der Waals surface area (Å²) >= 11 is 0. The van der Waals surface area contributed by atoms with Gasteiger partial charge in [-0.3, -0.25) is 9.59 Å². The van der Waals surface area contributed by atoms with Gasteiger partial charge in [-0.1, -0.05) is 42.5 Å². The first-order valence-electron chi connectivity index (χ1n) is 9.26. The Morgan fingerprint density at radius 1 is 0.885 bits per heavy atom. The Morgan fingerprint density at radius 2 is 1.58 bits per heavy atom. The van der Waals surface area contributed by atoms with Gasteiger partial charge >= 0.3 is 0 Å². The lowest BCUT2D eigenvalue weighted by Crippen LogP contribution is -2.33. The van der Waals surface area contributed by atoms with Gasteiger partial charge in [0, 0.05) is 0 Å². The van der Waals surface area contributed by atoms with E-state index < -0.39 is 0 Å². The fraction of sp³-hybridized carbons (Fsp3) is 0.364. The average molecular weight is 347 g/mol. The second kappa shape index (κ2) is 5.70. The molecule has 1 aliphatic heterocycles. The van der Waals surface area contributed by atoms with Gasteiger partial charge in [0.1, 0.15) is 5.75 Å². The number of imide groups is 1. The minimum absolute atomic E-state index is 0.0384. The number of amides is 2. The highest BCUT2D eigenvalue weighted by Crippen LogP contribution is 2.62. The van der Waals surface area contributed by atoms with Crippen molar-refractivity contribution >= 4 is 17.5 Å². The van der Waals surface area contributed by atoms with Crippen LogP contribution in [0.5, 0.6) is 5.75 Å². The van der Waals surface area contributed by atoms with Gasteiger partial charge in [0.15, 0.2) is 0 Å². The number of anilines is 1. The van der Waals surface area contributed by atoms with E-state index in [0.29, 0.717) is 23.3 Å². The molecule has 2 bridgehead atoms. The van der Waals surface area contributed by atoms with E-state index >= 15 is 0 Å². The number of carbonyl (C=O) groups is 2. The van der Waals surface area contributed by atoms with Gasteiger partial charge in [-0.05, 0) is 48.3 Å². The smallest absolute Gasteiger partial charge is 0.238 e. The van der Waals surface area contributed by atoms with Crippen molar-refractivity contribution in [2.75, 3.05) is 12.0 Å². The van der Waals surface area contributed by atoms with Crippen LogP contribution >= 0.6 is 0 Å². The Labute approximate surface area is 152 Å². The van der Waals surface area contributed by atoms with E-state index in [1.165, 1.54) is 10.5 Å². The number of hydrogen-bond donors (Lipinski definition) is 0. The molecule has 0 aromatic heterocycles. The molecule has 4 nitrogen and oxygen atoms in total. The standard InChI is InChI=1S/C22H21NO3/c1-26-18-10-6-5-9-17(18)23-21(24)19-14-11-15(13-7-3-2-4-8-13)16(12-14)20(19)22(23)25/h2-10,14-16,19-20H,11-12H2,1H3/t14-,15+,16+,19+,20+/m0/s1. The normalized spacial score (nSPS) is 32.2. The summed E-state index contributed by atoms with van der Waals surface area (Å²) in [4.78, 5) is 27.8. The first kappa shape index (κ1) is 15.6. The summed E-state index contributed by atoms with van der Waals surface area (Å²) < 4.78 is 5.39. The fourth-order valence-electron chi connectivity index (χ4n) is 5.59. The van der Waals surface area contributed by atoms with Crippen LogP contribution in [-0.4, -0.2) is 18.9 Å². The Bertz CT molecular complexity index is 878. The second-order valence-corrected chi connectivity index (χ2v) is 7.65. The molecule has 26 heavy (non-hydrogen) atoms. The van der Waals surface area contributed by atoms with E-state index in [1.807, 2.05) is 18.2 Å². The molecule has 0 radical (unpaired) electrons. The van der Waals surface area contributed by atoms with Crippen LogP contribution in [0.15, 0.2) is 54.6 Å². The van der Waals surface area contributed by atoms with Gasteiger partial charge in [0.2, 0.25) is 11.8 Å². The summed E-state index contributed by atoms with van der Waals surface area (Å²) in [6.07, 6.45) is 2.00. The second-order valence-electron chi connectivity index (χ2n) is 7.65. The lowest BCUT2D eigenvalue weighted by atomic mass is 9.73. The van der Waals surface area contributed by atoms with E-state index in [0.717, 1.165) is 12.8 Å². The van der Waals surface area contributed by atoms with Gasteiger partial charge in [-0.15, -0.1) is 0 Å². The highest BCUT2D eigenvalue weighted by molar-refractivity contribution is 6.23. The number of carbonyl (C=O) groups excluding carboxylic acids is 2. The predicted molar refractivity (Wildman–Crippen MR) is 97.9 cm³/mol. The molecular formula is C22H21NO3. The largest absolute Gasteiger partial charge is 0.495 e. The van der Waals surface area contributed by atoms with Crippen LogP contribution in [0.3, 0.4) is 0 Å². The summed E-state index contributed by atoms with van der Waals surface area (Å²) in [5.41, 5.74) is 1.88. The minimum atomic E-state index is -0.184. The van der Waals surface area contributed by atoms with E-state index in [2.05, 4.69) is 24.3 Å². The molecule has 2 amide bonds. The molecule has 5 atom stereocenters. The maximum absolute atomic E-state index is 13.3. The molecule has 0 N–H and O–H groups in total. The summed E-state index contributed by atoms with van der Waals surface area (Å²) in [6.45, 7) is 0. The van der Waals surface area contributed by atoms with Crippen molar-refractivity contribution in [2.45, 2.75) is 18.8 Å². The van der Waals surface area contributed by atoms with Crippen LogP contribution in [0.1, 0.15) is 24.3 Å². The van der Waals surface area contributed by atoms with Crippen LogP contribution < -0.4 is 9.64 Å². The zero-order valence-corrected chi connectivity index (χ0v) is 14.7. The molecule has 2 aromatic rings. The zero-order chi connectivity index (χ0) is 17.8. The molecule has 2 aromatic carbocycles. The van der Waals surface area contributed by atoms with Gasteiger partial charge < -0.3 is 4.74 Å². The third kappa shape index (κ3) is 2.02. The van der Waals surface area contributed by atoms with Gasteiger partial charge in [-0.2, -0.15) is 0 Å². The monoisotopic (exact) mass is 347 g/mol. The number of fused-ring (bicyclic) bond motifs is 5. The molecule has 2 saturated carbocycles. The van der Waals surface area contributed by atoms with Crippen LogP contribution in [0.4, 0.5) is 5.69 Å². The van der Waals surface area contributed by atoms with E-state index in [1.54, 1.807) is 19.2 Å². The Balaban J connectivity index is 1.51. The molecule has 132 valence electrons. The number of methoxy groups -OCH3 is 1. The van der Waals surface area contributed by atoms with E-state index in [4.69, 9.17) is 4.74 Å². The third-order valence-corrected chi connectivity index (χ3v) is 6.57. The van der Waals surface area contributed by atoms with Gasteiger partial charge in [0.25, 0.3) is 0 Å². The van der Waals surface area contributed by atoms with Crippen molar-refractivity contribution in [1.29, 1.82) is 0 Å². The first-order chi connectivity index (χ1) is 12.7. The van der Waals surface area contributed by atoms with Crippen LogP contribution in [0.25, 0.3) is 0 Å². The molecular weight excluding hydrogens is 326 g/mol. The number of hydrogen-bond acceptors (Lipinski definition) is 3. The van der Waals surface area contributed by atoms with Crippen LogP contribution in [0.2, 0.25) is 0 Å². The molecule has 1 heterocycles. The quantitative estimate of drug-likeness (QED) is 0.797. The van der Waals surface area contributed by atoms with Crippen molar-refractivity contribution in [3.05, 3.63) is 60.2 Å². The average Bonchev–Trinajstić information content (AvgIpc) is 3.34.